The molecule has 3 rings (SSSR count). The van der Waals surface area contributed by atoms with Crippen LogP contribution >= 0.6 is 11.3 Å². The lowest BCUT2D eigenvalue weighted by molar-refractivity contribution is 0.0702. The highest BCUT2D eigenvalue weighted by Gasteiger charge is 2.31. The van der Waals surface area contributed by atoms with E-state index in [0.717, 1.165) is 23.4 Å². The molecule has 6 nitrogen and oxygen atoms in total. The van der Waals surface area contributed by atoms with Gasteiger partial charge >= 0.3 is 5.97 Å². The van der Waals surface area contributed by atoms with Gasteiger partial charge < -0.3 is 10.4 Å². The number of thiophene rings is 1. The first-order valence-electron chi connectivity index (χ1n) is 6.68. The minimum atomic E-state index is -0.944. The number of carboxylic acids is 1. The van der Waals surface area contributed by atoms with Gasteiger partial charge in [0.25, 0.3) is 5.91 Å². The number of carbonyl (C=O) groups excluding carboxylic acids is 1. The summed E-state index contributed by atoms with van der Waals surface area (Å²) < 4.78 is 1.76. The highest BCUT2D eigenvalue weighted by molar-refractivity contribution is 7.13. The molecule has 2 N–H and O–H groups in total. The number of aromatic nitrogens is 2. The minimum Gasteiger partial charge on any atom is -0.477 e. The number of carbonyl (C=O) groups is 2. The Morgan fingerprint density at radius 2 is 2.24 bits per heavy atom. The van der Waals surface area contributed by atoms with Gasteiger partial charge in [0.1, 0.15) is 4.88 Å². The number of nitrogens with one attached hydrogen (secondary N) is 1. The summed E-state index contributed by atoms with van der Waals surface area (Å²) in [4.78, 5) is 24.2. The fourth-order valence-electron chi connectivity index (χ4n) is 2.31. The van der Waals surface area contributed by atoms with Crippen molar-refractivity contribution in [1.82, 2.24) is 15.1 Å². The van der Waals surface area contributed by atoms with Gasteiger partial charge in [0.05, 0.1) is 24.0 Å². The molecule has 0 aromatic carbocycles. The van der Waals surface area contributed by atoms with E-state index in [1.165, 1.54) is 11.3 Å². The Bertz CT molecular complexity index is 700. The first kappa shape index (κ1) is 13.8. The van der Waals surface area contributed by atoms with Crippen LogP contribution in [0.3, 0.4) is 0 Å². The highest BCUT2D eigenvalue weighted by atomic mass is 32.1. The number of nitrogens with zero attached hydrogens (tertiary/aromatic N) is 2. The zero-order chi connectivity index (χ0) is 15.0. The van der Waals surface area contributed by atoms with Crippen molar-refractivity contribution in [2.24, 2.45) is 7.05 Å². The predicted octanol–water partition coefficient (Wildman–Crippen LogP) is 1.99. The maximum absolute atomic E-state index is 12.2. The summed E-state index contributed by atoms with van der Waals surface area (Å²) in [6, 6.07) is 3.27. The Morgan fingerprint density at radius 3 is 2.86 bits per heavy atom. The van der Waals surface area contributed by atoms with Crippen LogP contribution in [-0.4, -0.2) is 26.8 Å². The largest absolute Gasteiger partial charge is 0.477 e. The Labute approximate surface area is 125 Å². The summed E-state index contributed by atoms with van der Waals surface area (Å²) in [6.45, 7) is 0.329. The van der Waals surface area contributed by atoms with Crippen molar-refractivity contribution < 1.29 is 14.7 Å². The van der Waals surface area contributed by atoms with Crippen molar-refractivity contribution >= 4 is 23.2 Å². The van der Waals surface area contributed by atoms with E-state index < -0.39 is 5.97 Å². The molecule has 2 heterocycles. The second-order valence-electron chi connectivity index (χ2n) is 5.10. The van der Waals surface area contributed by atoms with Crippen molar-refractivity contribution in [2.45, 2.75) is 25.3 Å². The zero-order valence-electron chi connectivity index (χ0n) is 11.5. The molecule has 1 fully saturated rings. The third-order valence-electron chi connectivity index (χ3n) is 3.49. The van der Waals surface area contributed by atoms with Crippen LogP contribution in [-0.2, 0) is 13.6 Å². The molecule has 0 atom stereocenters. The molecule has 1 aliphatic rings. The summed E-state index contributed by atoms with van der Waals surface area (Å²) >= 11 is 1.17. The van der Waals surface area contributed by atoms with Crippen molar-refractivity contribution in [3.8, 4) is 0 Å². The van der Waals surface area contributed by atoms with Gasteiger partial charge in [-0.1, -0.05) is 0 Å². The summed E-state index contributed by atoms with van der Waals surface area (Å²) in [5.74, 6) is -0.658. The second kappa shape index (κ2) is 5.33. The standard InChI is InChI=1S/C14H15N3O3S/c1-17-12(8-2-3-8)10(7-16-17)13(18)15-6-9-4-5-11(21-9)14(19)20/h4-5,7-8H,2-3,6H2,1H3,(H,15,18)(H,19,20). The zero-order valence-corrected chi connectivity index (χ0v) is 12.3. The number of aryl methyl sites for hydroxylation is 1. The number of rotatable bonds is 5. The molecule has 110 valence electrons. The van der Waals surface area contributed by atoms with E-state index in [1.807, 2.05) is 7.05 Å². The predicted molar refractivity (Wildman–Crippen MR) is 77.6 cm³/mol. The Balaban J connectivity index is 1.67. The molecule has 0 saturated heterocycles. The molecule has 2 aromatic heterocycles. The van der Waals surface area contributed by atoms with Gasteiger partial charge in [-0.15, -0.1) is 11.3 Å². The van der Waals surface area contributed by atoms with E-state index in [-0.39, 0.29) is 10.8 Å². The maximum Gasteiger partial charge on any atom is 0.345 e. The lowest BCUT2D eigenvalue weighted by Crippen LogP contribution is -2.23. The van der Waals surface area contributed by atoms with Gasteiger partial charge in [0.15, 0.2) is 0 Å². The maximum atomic E-state index is 12.2. The molecular formula is C14H15N3O3S. The lowest BCUT2D eigenvalue weighted by Gasteiger charge is -2.05. The molecule has 0 bridgehead atoms. The molecule has 0 radical (unpaired) electrons. The summed E-state index contributed by atoms with van der Waals surface area (Å²) in [6.07, 6.45) is 3.81. The number of aromatic carboxylic acids is 1. The number of hydrogen-bond donors (Lipinski definition) is 2. The number of amides is 1. The second-order valence-corrected chi connectivity index (χ2v) is 6.26. The average Bonchev–Trinajstić information content (AvgIpc) is 3.03. The van der Waals surface area contributed by atoms with Crippen LogP contribution in [0.25, 0.3) is 0 Å². The van der Waals surface area contributed by atoms with Crippen molar-refractivity contribution in [3.05, 3.63) is 39.3 Å². The van der Waals surface area contributed by atoms with Gasteiger partial charge in [-0.25, -0.2) is 4.79 Å². The van der Waals surface area contributed by atoms with Gasteiger partial charge in [0.2, 0.25) is 0 Å². The molecule has 7 heteroatoms. The summed E-state index contributed by atoms with van der Waals surface area (Å²) in [5.41, 5.74) is 1.61. The molecule has 0 spiro atoms. The third-order valence-corrected chi connectivity index (χ3v) is 4.56. The molecule has 0 aliphatic heterocycles. The van der Waals surface area contributed by atoms with Crippen LogP contribution < -0.4 is 5.32 Å². The van der Waals surface area contributed by atoms with Crippen LogP contribution in [0.5, 0.6) is 0 Å². The Kier molecular flexibility index (Phi) is 3.50. The van der Waals surface area contributed by atoms with E-state index >= 15 is 0 Å². The van der Waals surface area contributed by atoms with Crippen molar-refractivity contribution in [2.75, 3.05) is 0 Å². The van der Waals surface area contributed by atoms with E-state index in [2.05, 4.69) is 10.4 Å². The highest BCUT2D eigenvalue weighted by Crippen LogP contribution is 2.41. The SMILES string of the molecule is Cn1ncc(C(=O)NCc2ccc(C(=O)O)s2)c1C1CC1. The van der Waals surface area contributed by atoms with E-state index in [9.17, 15) is 9.59 Å². The molecule has 21 heavy (non-hydrogen) atoms. The van der Waals surface area contributed by atoms with E-state index in [4.69, 9.17) is 5.11 Å². The normalized spacial score (nSPS) is 14.1. The summed E-state index contributed by atoms with van der Waals surface area (Å²) in [7, 11) is 1.85. The van der Waals surface area contributed by atoms with Crippen molar-refractivity contribution in [1.29, 1.82) is 0 Å². The average molecular weight is 305 g/mol. The van der Waals surface area contributed by atoms with Crippen LogP contribution in [0.1, 0.15) is 49.4 Å². The molecule has 0 unspecified atom stereocenters. The molecule has 1 amide bonds. The summed E-state index contributed by atoms with van der Waals surface area (Å²) in [5, 5.41) is 15.9. The van der Waals surface area contributed by atoms with Crippen LogP contribution in [0.2, 0.25) is 0 Å². The smallest absolute Gasteiger partial charge is 0.345 e. The molecule has 1 aliphatic carbocycles. The van der Waals surface area contributed by atoms with E-state index in [1.54, 1.807) is 23.0 Å². The molecule has 1 saturated carbocycles. The van der Waals surface area contributed by atoms with Crippen LogP contribution in [0, 0.1) is 0 Å². The minimum absolute atomic E-state index is 0.157. The Hall–Kier alpha value is -2.15. The number of carboxylic acid groups (broad SMARTS) is 1. The van der Waals surface area contributed by atoms with E-state index in [0.29, 0.717) is 18.0 Å². The van der Waals surface area contributed by atoms with Crippen molar-refractivity contribution in [3.63, 3.8) is 0 Å². The lowest BCUT2D eigenvalue weighted by atomic mass is 10.1. The van der Waals surface area contributed by atoms with Gasteiger partial charge in [0, 0.05) is 17.8 Å². The first-order chi connectivity index (χ1) is 10.1. The van der Waals surface area contributed by atoms with Gasteiger partial charge in [-0.05, 0) is 25.0 Å². The Morgan fingerprint density at radius 1 is 1.48 bits per heavy atom. The molecule has 2 aromatic rings. The van der Waals surface area contributed by atoms with Crippen LogP contribution in [0.15, 0.2) is 18.3 Å². The number of hydrogen-bond acceptors (Lipinski definition) is 4. The molecular weight excluding hydrogens is 290 g/mol. The third kappa shape index (κ3) is 2.82. The first-order valence-corrected chi connectivity index (χ1v) is 7.50. The quantitative estimate of drug-likeness (QED) is 0.884. The monoisotopic (exact) mass is 305 g/mol. The topological polar surface area (TPSA) is 84.2 Å². The van der Waals surface area contributed by atoms with Crippen LogP contribution in [0.4, 0.5) is 0 Å². The van der Waals surface area contributed by atoms with Gasteiger partial charge in [-0.2, -0.15) is 5.10 Å². The fourth-order valence-corrected chi connectivity index (χ4v) is 3.10. The fraction of sp³-hybridized carbons (Fsp3) is 0.357. The van der Waals surface area contributed by atoms with Gasteiger partial charge in [-0.3, -0.25) is 9.48 Å².